The van der Waals surface area contributed by atoms with E-state index in [9.17, 15) is 0 Å². The predicted molar refractivity (Wildman–Crippen MR) is 73.9 cm³/mol. The molecule has 0 aromatic carbocycles. The second kappa shape index (κ2) is 5.68. The van der Waals surface area contributed by atoms with Gasteiger partial charge in [-0.25, -0.2) is 0 Å². The van der Waals surface area contributed by atoms with E-state index >= 15 is 0 Å². The van der Waals surface area contributed by atoms with Gasteiger partial charge in [0.2, 0.25) is 0 Å². The third kappa shape index (κ3) is 4.07. The molecule has 0 aliphatic carbocycles. The van der Waals surface area contributed by atoms with E-state index in [4.69, 9.17) is 0 Å². The van der Waals surface area contributed by atoms with E-state index in [0.717, 1.165) is 22.9 Å². The number of nitrogens with zero attached hydrogens (tertiary/aromatic N) is 2. The molecule has 1 N–H and O–H groups in total. The molecule has 0 amide bonds. The minimum absolute atomic E-state index is 0.678. The van der Waals surface area contributed by atoms with Gasteiger partial charge < -0.3 is 5.32 Å². The highest BCUT2D eigenvalue weighted by Crippen LogP contribution is 2.34. The molecule has 4 heteroatoms. The summed E-state index contributed by atoms with van der Waals surface area (Å²) in [4.78, 5) is 9.92. The van der Waals surface area contributed by atoms with Gasteiger partial charge in [0.1, 0.15) is 0 Å². The largest absolute Gasteiger partial charge is 0.378 e. The summed E-state index contributed by atoms with van der Waals surface area (Å²) in [6.45, 7) is 6.60. The van der Waals surface area contributed by atoms with Crippen LogP contribution in [0.3, 0.4) is 0 Å². The van der Waals surface area contributed by atoms with Gasteiger partial charge in [-0.2, -0.15) is 0 Å². The van der Waals surface area contributed by atoms with E-state index in [-0.39, 0.29) is 0 Å². The molecule has 1 aromatic rings. The lowest BCUT2D eigenvalue weighted by Gasteiger charge is -2.07. The normalized spacial score (nSPS) is 17.0. The number of thioether (sulfide) groups is 1. The molecule has 2 heterocycles. The van der Waals surface area contributed by atoms with E-state index in [1.807, 2.05) is 43.1 Å². The Balaban J connectivity index is 1.84. The Hall–Kier alpha value is -1.55. The number of aromatic nitrogens is 1. The lowest BCUT2D eigenvalue weighted by Crippen LogP contribution is -2.17. The van der Waals surface area contributed by atoms with Gasteiger partial charge in [-0.1, -0.05) is 12.6 Å². The zero-order chi connectivity index (χ0) is 12.1. The Morgan fingerprint density at radius 1 is 1.65 bits per heavy atom. The van der Waals surface area contributed by atoms with E-state index in [1.165, 1.54) is 4.91 Å². The van der Waals surface area contributed by atoms with Gasteiger partial charge in [0.05, 0.1) is 18.0 Å². The summed E-state index contributed by atoms with van der Waals surface area (Å²) in [7, 11) is 0. The molecular formula is C13H15N3S. The van der Waals surface area contributed by atoms with Crippen LogP contribution in [0.1, 0.15) is 12.6 Å². The van der Waals surface area contributed by atoms with Crippen molar-refractivity contribution in [1.29, 1.82) is 0 Å². The van der Waals surface area contributed by atoms with E-state index in [0.29, 0.717) is 6.54 Å². The molecule has 1 fully saturated rings. The van der Waals surface area contributed by atoms with Crippen LogP contribution in [-0.2, 0) is 6.54 Å². The fourth-order valence-corrected chi connectivity index (χ4v) is 1.48. The second-order valence-electron chi connectivity index (χ2n) is 3.75. The van der Waals surface area contributed by atoms with Gasteiger partial charge in [-0.15, -0.1) is 11.8 Å². The number of allylic oxidation sites excluding steroid dienone is 1. The number of rotatable bonds is 5. The van der Waals surface area contributed by atoms with Gasteiger partial charge in [0.15, 0.2) is 0 Å². The molecule has 1 saturated heterocycles. The summed E-state index contributed by atoms with van der Waals surface area (Å²) in [6, 6.07) is 5.86. The predicted octanol–water partition coefficient (Wildman–Crippen LogP) is 2.73. The Kier molecular flexibility index (Phi) is 3.98. The van der Waals surface area contributed by atoms with Crippen molar-refractivity contribution >= 4 is 17.5 Å². The van der Waals surface area contributed by atoms with Gasteiger partial charge >= 0.3 is 0 Å². The first-order valence-electron chi connectivity index (χ1n) is 5.45. The minimum Gasteiger partial charge on any atom is -0.378 e. The number of hydrogen-bond donors (Lipinski definition) is 1. The van der Waals surface area contributed by atoms with Crippen LogP contribution in [-0.4, -0.2) is 16.4 Å². The summed E-state index contributed by atoms with van der Waals surface area (Å²) in [6.07, 6.45) is 3.70. The highest BCUT2D eigenvalue weighted by molar-refractivity contribution is 8.11. The van der Waals surface area contributed by atoms with Crippen molar-refractivity contribution < 1.29 is 0 Å². The number of pyridine rings is 1. The van der Waals surface area contributed by atoms with Crippen LogP contribution in [0.15, 0.2) is 52.8 Å². The Morgan fingerprint density at radius 2 is 2.47 bits per heavy atom. The lowest BCUT2D eigenvalue weighted by molar-refractivity contribution is 0.816. The van der Waals surface area contributed by atoms with E-state index in [1.54, 1.807) is 6.20 Å². The molecule has 0 bridgehead atoms. The highest BCUT2D eigenvalue weighted by atomic mass is 32.2. The van der Waals surface area contributed by atoms with Crippen molar-refractivity contribution in [2.24, 2.45) is 4.99 Å². The van der Waals surface area contributed by atoms with Gasteiger partial charge in [0, 0.05) is 28.8 Å². The second-order valence-corrected chi connectivity index (χ2v) is 4.85. The smallest absolute Gasteiger partial charge is 0.0598 e. The zero-order valence-electron chi connectivity index (χ0n) is 9.81. The van der Waals surface area contributed by atoms with Crippen LogP contribution >= 0.6 is 11.8 Å². The van der Waals surface area contributed by atoms with Crippen LogP contribution < -0.4 is 5.32 Å². The fraction of sp³-hybridized carbons (Fsp3) is 0.231. The third-order valence-corrected chi connectivity index (χ3v) is 3.09. The van der Waals surface area contributed by atoms with Crippen LogP contribution in [0.5, 0.6) is 0 Å². The molecule has 0 unspecified atom stereocenters. The highest BCUT2D eigenvalue weighted by Gasteiger charge is 2.10. The number of aliphatic imine (C=N–C) groups is 1. The average molecular weight is 245 g/mol. The van der Waals surface area contributed by atoms with Gasteiger partial charge in [0.25, 0.3) is 0 Å². The zero-order valence-corrected chi connectivity index (χ0v) is 10.6. The maximum Gasteiger partial charge on any atom is 0.0598 e. The molecule has 2 rings (SSSR count). The first kappa shape index (κ1) is 11.9. The molecule has 17 heavy (non-hydrogen) atoms. The summed E-state index contributed by atoms with van der Waals surface area (Å²) >= 11 is 1.83. The summed E-state index contributed by atoms with van der Waals surface area (Å²) in [5, 5.41) is 3.22. The Labute approximate surface area is 106 Å². The van der Waals surface area contributed by atoms with Crippen molar-refractivity contribution in [2.75, 3.05) is 5.75 Å². The summed E-state index contributed by atoms with van der Waals surface area (Å²) in [5.41, 5.74) is 2.76. The first-order valence-corrected chi connectivity index (χ1v) is 6.43. The fourth-order valence-electron chi connectivity index (χ4n) is 1.19. The van der Waals surface area contributed by atoms with E-state index in [2.05, 4.69) is 21.9 Å². The molecule has 0 atom stereocenters. The molecule has 88 valence electrons. The molecule has 0 spiro atoms. The van der Waals surface area contributed by atoms with Gasteiger partial charge in [-0.3, -0.25) is 9.98 Å². The van der Waals surface area contributed by atoms with Crippen molar-refractivity contribution in [1.82, 2.24) is 10.3 Å². The molecule has 1 aliphatic heterocycles. The molecule has 1 aliphatic rings. The van der Waals surface area contributed by atoms with Crippen molar-refractivity contribution in [3.05, 3.63) is 53.5 Å². The van der Waals surface area contributed by atoms with Crippen molar-refractivity contribution in [2.45, 2.75) is 13.5 Å². The number of hydrogen-bond acceptors (Lipinski definition) is 4. The minimum atomic E-state index is 0.678. The van der Waals surface area contributed by atoms with Crippen LogP contribution in [0, 0.1) is 0 Å². The molecule has 1 aromatic heterocycles. The Bertz CT molecular complexity index is 457. The van der Waals surface area contributed by atoms with E-state index < -0.39 is 0 Å². The van der Waals surface area contributed by atoms with Crippen LogP contribution in [0.2, 0.25) is 0 Å². The summed E-state index contributed by atoms with van der Waals surface area (Å²) in [5.74, 6) is 1.12. The summed E-state index contributed by atoms with van der Waals surface area (Å²) < 4.78 is 0. The lowest BCUT2D eigenvalue weighted by atomic mass is 10.3. The van der Waals surface area contributed by atoms with Gasteiger partial charge in [-0.05, 0) is 19.1 Å². The van der Waals surface area contributed by atoms with Crippen molar-refractivity contribution in [3.8, 4) is 0 Å². The van der Waals surface area contributed by atoms with Crippen LogP contribution in [0.4, 0.5) is 0 Å². The monoisotopic (exact) mass is 245 g/mol. The van der Waals surface area contributed by atoms with Crippen molar-refractivity contribution in [3.63, 3.8) is 0 Å². The number of nitrogens with one attached hydrogen (secondary N) is 1. The topological polar surface area (TPSA) is 37.3 Å². The third-order valence-electron chi connectivity index (χ3n) is 2.36. The average Bonchev–Trinajstić information content (AvgIpc) is 3.18. The SMILES string of the molecule is C=C(NCc1ccccn1)C(C)=N/C=C1\CS1. The first-order chi connectivity index (χ1) is 8.25. The maximum atomic E-state index is 4.35. The Morgan fingerprint density at radius 3 is 3.12 bits per heavy atom. The molecule has 3 nitrogen and oxygen atoms in total. The van der Waals surface area contributed by atoms with Crippen LogP contribution in [0.25, 0.3) is 0 Å². The maximum absolute atomic E-state index is 4.35. The molecule has 0 radical (unpaired) electrons. The quantitative estimate of drug-likeness (QED) is 0.640. The standard InChI is InChI=1S/C13H15N3S/c1-10(11(2)16-8-13-9-17-13)15-7-12-5-3-4-6-14-12/h3-6,8,15H,1,7,9H2,2H3/b13-8+,16-11?. The molecule has 0 saturated carbocycles. The molecular weight excluding hydrogens is 230 g/mol.